The first-order chi connectivity index (χ1) is 14.8. The van der Waals surface area contributed by atoms with Crippen LogP contribution in [-0.4, -0.2) is 29.3 Å². The molecule has 2 aromatic rings. The molecule has 1 heterocycles. The predicted molar refractivity (Wildman–Crippen MR) is 129 cm³/mol. The predicted octanol–water partition coefficient (Wildman–Crippen LogP) is 6.46. The number of hydrogen-bond acceptors (Lipinski definition) is 4. The fourth-order valence-corrected chi connectivity index (χ4v) is 7.58. The standard InChI is InChI=1S/C23H25Cl2NO3S2/c1-16-12-14-19(15-13-16)31(27,28)26-22-23(24,25)20(17-8-4-2-5-9-17)21(29-22)30-18-10-6-3-7-11-18/h2,4-5,8-9,12-15,18,20-21H,3,6-7,10-11H2,1H3/b26-22-/t20-,21-/m1/s1. The summed E-state index contributed by atoms with van der Waals surface area (Å²) in [6.07, 6.45) is 5.85. The van der Waals surface area contributed by atoms with E-state index >= 15 is 0 Å². The van der Waals surface area contributed by atoms with Crippen LogP contribution in [0, 0.1) is 6.92 Å². The van der Waals surface area contributed by atoms with Crippen molar-refractivity contribution >= 4 is 50.9 Å². The molecule has 1 aliphatic carbocycles. The third kappa shape index (κ3) is 5.08. The topological polar surface area (TPSA) is 55.7 Å². The highest BCUT2D eigenvalue weighted by molar-refractivity contribution is 8.00. The minimum atomic E-state index is -4.01. The number of aryl methyl sites for hydroxylation is 1. The van der Waals surface area contributed by atoms with Crippen LogP contribution in [0.4, 0.5) is 0 Å². The van der Waals surface area contributed by atoms with Crippen molar-refractivity contribution in [3.63, 3.8) is 0 Å². The molecule has 0 radical (unpaired) electrons. The van der Waals surface area contributed by atoms with Gasteiger partial charge in [-0.2, -0.15) is 8.42 Å². The number of nitrogens with zero attached hydrogens (tertiary/aromatic N) is 1. The molecule has 0 spiro atoms. The molecule has 2 aliphatic rings. The van der Waals surface area contributed by atoms with Gasteiger partial charge in [0.25, 0.3) is 10.0 Å². The van der Waals surface area contributed by atoms with Crippen molar-refractivity contribution in [1.82, 2.24) is 0 Å². The maximum atomic E-state index is 12.9. The van der Waals surface area contributed by atoms with Gasteiger partial charge in [-0.1, -0.05) is 90.5 Å². The molecule has 8 heteroatoms. The maximum absolute atomic E-state index is 12.9. The van der Waals surface area contributed by atoms with Gasteiger partial charge >= 0.3 is 0 Å². The molecule has 0 unspecified atom stereocenters. The van der Waals surface area contributed by atoms with Crippen molar-refractivity contribution in [1.29, 1.82) is 0 Å². The average Bonchev–Trinajstić information content (AvgIpc) is 2.98. The van der Waals surface area contributed by atoms with Crippen LogP contribution in [-0.2, 0) is 14.8 Å². The van der Waals surface area contributed by atoms with E-state index in [0.717, 1.165) is 24.0 Å². The van der Waals surface area contributed by atoms with Gasteiger partial charge in [0.05, 0.1) is 10.8 Å². The minimum absolute atomic E-state index is 0.0815. The highest BCUT2D eigenvalue weighted by Gasteiger charge is 2.56. The molecule has 2 atom stereocenters. The first-order valence-electron chi connectivity index (χ1n) is 10.4. The van der Waals surface area contributed by atoms with E-state index in [1.807, 2.05) is 37.3 Å². The van der Waals surface area contributed by atoms with Gasteiger partial charge in [0.2, 0.25) is 10.2 Å². The monoisotopic (exact) mass is 497 g/mol. The molecular formula is C23H25Cl2NO3S2. The highest BCUT2D eigenvalue weighted by Crippen LogP contribution is 2.53. The summed E-state index contributed by atoms with van der Waals surface area (Å²) in [5, 5.41) is 0.433. The van der Waals surface area contributed by atoms with Gasteiger partial charge in [0.1, 0.15) is 0 Å². The molecule has 0 N–H and O–H groups in total. The number of thioether (sulfide) groups is 1. The lowest BCUT2D eigenvalue weighted by Crippen LogP contribution is -2.29. The summed E-state index contributed by atoms with van der Waals surface area (Å²) in [6, 6.07) is 16.1. The molecule has 0 amide bonds. The zero-order valence-electron chi connectivity index (χ0n) is 17.2. The molecule has 1 saturated carbocycles. The number of rotatable bonds is 5. The van der Waals surface area contributed by atoms with Crippen molar-refractivity contribution in [2.24, 2.45) is 4.40 Å². The number of hydrogen-bond donors (Lipinski definition) is 0. The van der Waals surface area contributed by atoms with E-state index in [-0.39, 0.29) is 10.8 Å². The van der Waals surface area contributed by atoms with E-state index in [9.17, 15) is 8.42 Å². The van der Waals surface area contributed by atoms with E-state index in [1.54, 1.807) is 23.9 Å². The Bertz CT molecular complexity index is 1030. The molecular weight excluding hydrogens is 473 g/mol. The number of benzene rings is 2. The molecule has 4 nitrogen and oxygen atoms in total. The Balaban J connectivity index is 1.69. The zero-order valence-corrected chi connectivity index (χ0v) is 20.4. The second-order valence-electron chi connectivity index (χ2n) is 8.08. The molecule has 166 valence electrons. The summed E-state index contributed by atoms with van der Waals surface area (Å²) >= 11 is 15.3. The summed E-state index contributed by atoms with van der Waals surface area (Å²) in [5.74, 6) is -0.588. The van der Waals surface area contributed by atoms with Crippen LogP contribution in [0.5, 0.6) is 0 Å². The van der Waals surface area contributed by atoms with Crippen molar-refractivity contribution in [3.05, 3.63) is 65.7 Å². The van der Waals surface area contributed by atoms with E-state index in [1.165, 1.54) is 31.4 Å². The van der Waals surface area contributed by atoms with Gasteiger partial charge in [0.15, 0.2) is 5.44 Å². The van der Waals surface area contributed by atoms with Crippen molar-refractivity contribution in [3.8, 4) is 0 Å². The third-order valence-corrected chi connectivity index (χ3v) is 9.30. The molecule has 0 bridgehead atoms. The highest BCUT2D eigenvalue weighted by atomic mass is 35.5. The van der Waals surface area contributed by atoms with Crippen LogP contribution in [0.25, 0.3) is 0 Å². The van der Waals surface area contributed by atoms with Gasteiger partial charge in [-0.15, -0.1) is 16.2 Å². The normalized spacial score (nSPS) is 25.5. The summed E-state index contributed by atoms with van der Waals surface area (Å²) in [7, 11) is -4.01. The lowest BCUT2D eigenvalue weighted by atomic mass is 9.97. The second-order valence-corrected chi connectivity index (χ2v) is 12.5. The van der Waals surface area contributed by atoms with E-state index < -0.39 is 25.7 Å². The second kappa shape index (κ2) is 9.34. The summed E-state index contributed by atoms with van der Waals surface area (Å²) in [4.78, 5) is 0.0815. The lowest BCUT2D eigenvalue weighted by molar-refractivity contribution is 0.291. The van der Waals surface area contributed by atoms with Gasteiger partial charge in [0, 0.05) is 5.25 Å². The van der Waals surface area contributed by atoms with Crippen LogP contribution in [0.3, 0.4) is 0 Å². The zero-order chi connectivity index (χ0) is 22.1. The quantitative estimate of drug-likeness (QED) is 0.444. The molecule has 0 aromatic heterocycles. The number of ether oxygens (including phenoxy) is 1. The molecule has 2 fully saturated rings. The van der Waals surface area contributed by atoms with Gasteiger partial charge in [-0.05, 0) is 37.5 Å². The lowest BCUT2D eigenvalue weighted by Gasteiger charge is -2.27. The number of sulfonamides is 1. The van der Waals surface area contributed by atoms with Crippen molar-refractivity contribution < 1.29 is 13.2 Å². The van der Waals surface area contributed by atoms with Gasteiger partial charge in [-0.3, -0.25) is 0 Å². The summed E-state index contributed by atoms with van der Waals surface area (Å²) in [6.45, 7) is 1.89. The maximum Gasteiger partial charge on any atom is 0.285 e. The van der Waals surface area contributed by atoms with Crippen LogP contribution in [0.1, 0.15) is 49.1 Å². The minimum Gasteiger partial charge on any atom is -0.463 e. The summed E-state index contributed by atoms with van der Waals surface area (Å²) < 4.78 is 34.3. The Hall–Kier alpha value is -1.21. The molecule has 1 aliphatic heterocycles. The first kappa shape index (κ1) is 23.0. The van der Waals surface area contributed by atoms with Crippen molar-refractivity contribution in [2.45, 2.75) is 64.9 Å². The van der Waals surface area contributed by atoms with Gasteiger partial charge in [-0.25, -0.2) is 0 Å². The Kier molecular flexibility index (Phi) is 6.92. The number of alkyl halides is 2. The first-order valence-corrected chi connectivity index (χ1v) is 13.6. The third-order valence-electron chi connectivity index (χ3n) is 5.74. The molecule has 4 rings (SSSR count). The van der Waals surface area contributed by atoms with Crippen molar-refractivity contribution in [2.75, 3.05) is 0 Å². The van der Waals surface area contributed by atoms with Crippen LogP contribution >= 0.6 is 35.0 Å². The molecule has 31 heavy (non-hydrogen) atoms. The van der Waals surface area contributed by atoms with Gasteiger partial charge < -0.3 is 4.74 Å². The fraction of sp³-hybridized carbons (Fsp3) is 0.435. The van der Waals surface area contributed by atoms with E-state index in [0.29, 0.717) is 5.25 Å². The smallest absolute Gasteiger partial charge is 0.285 e. The largest absolute Gasteiger partial charge is 0.463 e. The summed E-state index contributed by atoms with van der Waals surface area (Å²) in [5.41, 5.74) is 1.45. The SMILES string of the molecule is Cc1ccc(S(=O)(=O)/N=C2\O[C@H](SC3CCCCC3)[C@@H](c3ccccc3)C2(Cl)Cl)cc1. The van der Waals surface area contributed by atoms with Crippen LogP contribution < -0.4 is 0 Å². The Morgan fingerprint density at radius 3 is 2.29 bits per heavy atom. The Labute approximate surface area is 198 Å². The van der Waals surface area contributed by atoms with E-state index in [4.69, 9.17) is 27.9 Å². The van der Waals surface area contributed by atoms with Crippen LogP contribution in [0.15, 0.2) is 63.9 Å². The average molecular weight is 498 g/mol. The Morgan fingerprint density at radius 2 is 1.65 bits per heavy atom. The van der Waals surface area contributed by atoms with Crippen LogP contribution in [0.2, 0.25) is 0 Å². The van der Waals surface area contributed by atoms with E-state index in [2.05, 4.69) is 4.40 Å². The number of halogens is 2. The fourth-order valence-electron chi connectivity index (χ4n) is 4.04. The molecule has 2 aromatic carbocycles. The Morgan fingerprint density at radius 1 is 1.00 bits per heavy atom. The molecule has 1 saturated heterocycles.